The van der Waals surface area contributed by atoms with Crippen molar-refractivity contribution in [1.82, 2.24) is 10.6 Å². The molecule has 0 atom stereocenters. The molecule has 6 heteroatoms. The predicted octanol–water partition coefficient (Wildman–Crippen LogP) is 2.68. The first-order valence-electron chi connectivity index (χ1n) is 5.49. The second-order valence-corrected chi connectivity index (χ2v) is 4.45. The molecule has 0 radical (unpaired) electrons. The van der Waals surface area contributed by atoms with Gasteiger partial charge in [0, 0.05) is 19.5 Å². The van der Waals surface area contributed by atoms with Crippen molar-refractivity contribution in [2.24, 2.45) is 0 Å². The lowest BCUT2D eigenvalue weighted by Crippen LogP contribution is -2.28. The van der Waals surface area contributed by atoms with Gasteiger partial charge in [-0.15, -0.1) is 12.4 Å². The summed E-state index contributed by atoms with van der Waals surface area (Å²) in [6.45, 7) is 1.26. The molecule has 0 aliphatic rings. The van der Waals surface area contributed by atoms with Gasteiger partial charge in [0.05, 0.1) is 10.0 Å². The Kier molecular flexibility index (Phi) is 9.20. The third kappa shape index (κ3) is 5.91. The smallest absolute Gasteiger partial charge is 0.221 e. The molecule has 0 spiro atoms. The molecule has 2 N–H and O–H groups in total. The van der Waals surface area contributed by atoms with E-state index < -0.39 is 0 Å². The number of hydrogen-bond acceptors (Lipinski definition) is 2. The highest BCUT2D eigenvalue weighted by atomic mass is 35.5. The normalized spacial score (nSPS) is 9.72. The molecule has 1 amide bonds. The van der Waals surface area contributed by atoms with Crippen molar-refractivity contribution in [1.29, 1.82) is 0 Å². The summed E-state index contributed by atoms with van der Waals surface area (Å²) in [4.78, 5) is 11.3. The first-order valence-corrected chi connectivity index (χ1v) is 6.25. The van der Waals surface area contributed by atoms with Crippen LogP contribution in [-0.4, -0.2) is 26.0 Å². The Morgan fingerprint density at radius 2 is 2.00 bits per heavy atom. The highest BCUT2D eigenvalue weighted by molar-refractivity contribution is 6.42. The monoisotopic (exact) mass is 310 g/mol. The Bertz CT molecular complexity index is 386. The Morgan fingerprint density at radius 3 is 2.67 bits per heavy atom. The molecule has 1 aromatic rings. The second kappa shape index (κ2) is 9.45. The van der Waals surface area contributed by atoms with Crippen LogP contribution in [0.2, 0.25) is 10.0 Å². The zero-order chi connectivity index (χ0) is 12.7. The fourth-order valence-electron chi connectivity index (χ4n) is 1.41. The van der Waals surface area contributed by atoms with Crippen molar-refractivity contribution in [2.45, 2.75) is 12.8 Å². The van der Waals surface area contributed by atoms with Crippen LogP contribution in [0.3, 0.4) is 0 Å². The minimum absolute atomic E-state index is 0. The highest BCUT2D eigenvalue weighted by Crippen LogP contribution is 2.25. The van der Waals surface area contributed by atoms with Crippen LogP contribution in [-0.2, 0) is 11.2 Å². The first kappa shape index (κ1) is 17.5. The van der Waals surface area contributed by atoms with Crippen LogP contribution in [0.25, 0.3) is 0 Å². The van der Waals surface area contributed by atoms with Crippen molar-refractivity contribution in [3.05, 3.63) is 33.8 Å². The SMILES string of the molecule is CNCCC(=O)NCCc1cccc(Cl)c1Cl.Cl. The highest BCUT2D eigenvalue weighted by Gasteiger charge is 2.05. The molecule has 1 aromatic carbocycles. The molecule has 1 rings (SSSR count). The minimum atomic E-state index is 0. The van der Waals surface area contributed by atoms with Crippen molar-refractivity contribution in [3.63, 3.8) is 0 Å². The molecule has 0 aromatic heterocycles. The summed E-state index contributed by atoms with van der Waals surface area (Å²) in [5.41, 5.74) is 0.952. The Balaban J connectivity index is 0.00000289. The zero-order valence-electron chi connectivity index (χ0n) is 10.1. The lowest BCUT2D eigenvalue weighted by atomic mass is 10.1. The molecule has 0 heterocycles. The molecule has 0 saturated heterocycles. The van der Waals surface area contributed by atoms with E-state index in [1.807, 2.05) is 19.2 Å². The van der Waals surface area contributed by atoms with Crippen LogP contribution >= 0.6 is 35.6 Å². The lowest BCUT2D eigenvalue weighted by molar-refractivity contribution is -0.120. The van der Waals surface area contributed by atoms with Gasteiger partial charge in [0.15, 0.2) is 0 Å². The molecule has 0 aliphatic carbocycles. The van der Waals surface area contributed by atoms with Gasteiger partial charge in [0.25, 0.3) is 0 Å². The van der Waals surface area contributed by atoms with E-state index in [0.717, 1.165) is 5.56 Å². The fraction of sp³-hybridized carbons (Fsp3) is 0.417. The van der Waals surface area contributed by atoms with Gasteiger partial charge in [0.1, 0.15) is 0 Å². The largest absolute Gasteiger partial charge is 0.356 e. The van der Waals surface area contributed by atoms with Crippen molar-refractivity contribution in [3.8, 4) is 0 Å². The number of halogens is 3. The summed E-state index contributed by atoms with van der Waals surface area (Å²) >= 11 is 11.9. The molecule has 102 valence electrons. The Labute approximate surface area is 124 Å². The van der Waals surface area contributed by atoms with Gasteiger partial charge in [-0.05, 0) is 25.1 Å². The molecule has 3 nitrogen and oxygen atoms in total. The minimum Gasteiger partial charge on any atom is -0.356 e. The third-order valence-corrected chi connectivity index (χ3v) is 3.21. The lowest BCUT2D eigenvalue weighted by Gasteiger charge is -2.07. The maximum absolute atomic E-state index is 11.3. The van der Waals surface area contributed by atoms with Crippen LogP contribution in [0.5, 0.6) is 0 Å². The van der Waals surface area contributed by atoms with E-state index in [4.69, 9.17) is 23.2 Å². The number of nitrogens with one attached hydrogen (secondary N) is 2. The maximum atomic E-state index is 11.3. The average molecular weight is 312 g/mol. The number of hydrogen-bond donors (Lipinski definition) is 2. The van der Waals surface area contributed by atoms with E-state index in [-0.39, 0.29) is 18.3 Å². The summed E-state index contributed by atoms with van der Waals surface area (Å²) in [5, 5.41) is 6.87. The van der Waals surface area contributed by atoms with E-state index in [9.17, 15) is 4.79 Å². The van der Waals surface area contributed by atoms with Crippen LogP contribution in [0.15, 0.2) is 18.2 Å². The number of amides is 1. The van der Waals surface area contributed by atoms with E-state index >= 15 is 0 Å². The quantitative estimate of drug-likeness (QED) is 0.848. The van der Waals surface area contributed by atoms with Crippen LogP contribution in [0, 0.1) is 0 Å². The van der Waals surface area contributed by atoms with E-state index in [2.05, 4.69) is 10.6 Å². The van der Waals surface area contributed by atoms with E-state index in [0.29, 0.717) is 36.0 Å². The predicted molar refractivity (Wildman–Crippen MR) is 79.0 cm³/mol. The molecule has 18 heavy (non-hydrogen) atoms. The number of rotatable bonds is 6. The number of carbonyl (C=O) groups excluding carboxylic acids is 1. The standard InChI is InChI=1S/C12H16Cl2N2O.ClH/c1-15-7-6-11(17)16-8-5-9-3-2-4-10(13)12(9)14;/h2-4,15H,5-8H2,1H3,(H,16,17);1H. The fourth-order valence-corrected chi connectivity index (χ4v) is 1.82. The van der Waals surface area contributed by atoms with E-state index in [1.54, 1.807) is 6.07 Å². The third-order valence-electron chi connectivity index (χ3n) is 2.35. The maximum Gasteiger partial charge on any atom is 0.221 e. The molecule has 0 unspecified atom stereocenters. The van der Waals surface area contributed by atoms with Crippen molar-refractivity contribution < 1.29 is 4.79 Å². The van der Waals surface area contributed by atoms with Gasteiger partial charge in [-0.25, -0.2) is 0 Å². The van der Waals surface area contributed by atoms with Gasteiger partial charge in [-0.1, -0.05) is 35.3 Å². The molecule has 0 aliphatic heterocycles. The summed E-state index contributed by atoms with van der Waals surface area (Å²) in [5.74, 6) is 0.0394. The van der Waals surface area contributed by atoms with Gasteiger partial charge in [-0.2, -0.15) is 0 Å². The van der Waals surface area contributed by atoms with Gasteiger partial charge >= 0.3 is 0 Å². The summed E-state index contributed by atoms with van der Waals surface area (Å²) in [7, 11) is 1.82. The van der Waals surface area contributed by atoms with E-state index in [1.165, 1.54) is 0 Å². The van der Waals surface area contributed by atoms with Crippen LogP contribution < -0.4 is 10.6 Å². The molecule has 0 fully saturated rings. The van der Waals surface area contributed by atoms with Crippen molar-refractivity contribution in [2.75, 3.05) is 20.1 Å². The van der Waals surface area contributed by atoms with Crippen LogP contribution in [0.4, 0.5) is 0 Å². The van der Waals surface area contributed by atoms with Gasteiger partial charge in [-0.3, -0.25) is 4.79 Å². The Morgan fingerprint density at radius 1 is 1.28 bits per heavy atom. The topological polar surface area (TPSA) is 41.1 Å². The zero-order valence-corrected chi connectivity index (χ0v) is 12.5. The number of carbonyl (C=O) groups is 1. The molecular weight excluding hydrogens is 295 g/mol. The van der Waals surface area contributed by atoms with Crippen LogP contribution in [0.1, 0.15) is 12.0 Å². The Hall–Kier alpha value is -0.480. The first-order chi connectivity index (χ1) is 8.15. The second-order valence-electron chi connectivity index (χ2n) is 3.67. The number of benzene rings is 1. The molecule has 0 saturated carbocycles. The molecule has 0 bridgehead atoms. The summed E-state index contributed by atoms with van der Waals surface area (Å²) in [6.07, 6.45) is 1.17. The van der Waals surface area contributed by atoms with Gasteiger partial charge in [0.2, 0.25) is 5.91 Å². The molecular formula is C12H17Cl3N2O. The van der Waals surface area contributed by atoms with Crippen molar-refractivity contribution >= 4 is 41.5 Å². The van der Waals surface area contributed by atoms with Gasteiger partial charge < -0.3 is 10.6 Å². The average Bonchev–Trinajstić information content (AvgIpc) is 2.32. The summed E-state index contributed by atoms with van der Waals surface area (Å²) < 4.78 is 0. The summed E-state index contributed by atoms with van der Waals surface area (Å²) in [6, 6.07) is 5.51.